The van der Waals surface area contributed by atoms with Crippen LogP contribution in [0, 0.1) is 0 Å². The second-order valence-corrected chi connectivity index (χ2v) is 5.37. The largest absolute Gasteiger partial charge is 0.496 e. The highest BCUT2D eigenvalue weighted by molar-refractivity contribution is 6.35. The Bertz CT molecular complexity index is 699. The average Bonchev–Trinajstić information content (AvgIpc) is 2.52. The first-order valence-corrected chi connectivity index (χ1v) is 7.38. The van der Waals surface area contributed by atoms with Crippen LogP contribution in [-0.2, 0) is 11.3 Å². The third-order valence-electron chi connectivity index (χ3n) is 3.02. The lowest BCUT2D eigenvalue weighted by Gasteiger charge is -2.06. The van der Waals surface area contributed by atoms with Gasteiger partial charge in [-0.05, 0) is 29.8 Å². The number of benzene rings is 2. The molecular weight excluding hydrogens is 321 g/mol. The van der Waals surface area contributed by atoms with Gasteiger partial charge >= 0.3 is 0 Å². The molecule has 0 radical (unpaired) electrons. The molecule has 114 valence electrons. The highest BCUT2D eigenvalue weighted by atomic mass is 35.5. The molecule has 1 N–H and O–H groups in total. The maximum absolute atomic E-state index is 11.9. The summed E-state index contributed by atoms with van der Waals surface area (Å²) in [5.41, 5.74) is 1.65. The first kappa shape index (κ1) is 16.4. The van der Waals surface area contributed by atoms with Gasteiger partial charge in [-0.1, -0.05) is 47.5 Å². The number of rotatable bonds is 5. The van der Waals surface area contributed by atoms with E-state index in [1.54, 1.807) is 31.4 Å². The van der Waals surface area contributed by atoms with Crippen molar-refractivity contribution < 1.29 is 9.53 Å². The lowest BCUT2D eigenvalue weighted by Crippen LogP contribution is -2.20. The third kappa shape index (κ3) is 4.52. The summed E-state index contributed by atoms with van der Waals surface area (Å²) in [6, 6.07) is 12.6. The Labute approximate surface area is 139 Å². The van der Waals surface area contributed by atoms with Crippen molar-refractivity contribution in [1.29, 1.82) is 0 Å². The number of hydrogen-bond donors (Lipinski definition) is 1. The number of amides is 1. The smallest absolute Gasteiger partial charge is 0.244 e. The first-order chi connectivity index (χ1) is 10.6. The Hall–Kier alpha value is -1.97. The van der Waals surface area contributed by atoms with Crippen molar-refractivity contribution in [3.63, 3.8) is 0 Å². The molecule has 3 nitrogen and oxygen atoms in total. The SMILES string of the molecule is COc1ccccc1/C=C/C(=O)NCc1ccc(Cl)cc1Cl. The van der Waals surface area contributed by atoms with Gasteiger partial charge in [-0.25, -0.2) is 0 Å². The predicted molar refractivity (Wildman–Crippen MR) is 90.3 cm³/mol. The third-order valence-corrected chi connectivity index (χ3v) is 3.61. The Morgan fingerprint density at radius 3 is 2.73 bits per heavy atom. The zero-order valence-electron chi connectivity index (χ0n) is 12.0. The molecule has 1 amide bonds. The lowest BCUT2D eigenvalue weighted by molar-refractivity contribution is -0.116. The summed E-state index contributed by atoms with van der Waals surface area (Å²) in [4.78, 5) is 11.9. The molecule has 0 aliphatic rings. The van der Waals surface area contributed by atoms with Gasteiger partial charge < -0.3 is 10.1 Å². The van der Waals surface area contributed by atoms with Crippen molar-refractivity contribution in [1.82, 2.24) is 5.32 Å². The molecule has 2 rings (SSSR count). The molecule has 0 unspecified atom stereocenters. The molecule has 0 spiro atoms. The minimum Gasteiger partial charge on any atom is -0.496 e. The fourth-order valence-electron chi connectivity index (χ4n) is 1.88. The van der Waals surface area contributed by atoms with E-state index in [4.69, 9.17) is 27.9 Å². The number of carbonyl (C=O) groups excluding carboxylic acids is 1. The number of hydrogen-bond acceptors (Lipinski definition) is 2. The normalized spacial score (nSPS) is 10.7. The number of carbonyl (C=O) groups is 1. The molecule has 2 aromatic rings. The van der Waals surface area contributed by atoms with Gasteiger partial charge in [-0.3, -0.25) is 4.79 Å². The number of ether oxygens (including phenoxy) is 1. The van der Waals surface area contributed by atoms with E-state index in [1.807, 2.05) is 24.3 Å². The molecule has 5 heteroatoms. The van der Waals surface area contributed by atoms with E-state index in [0.29, 0.717) is 22.3 Å². The topological polar surface area (TPSA) is 38.3 Å². The molecule has 0 aromatic heterocycles. The van der Waals surface area contributed by atoms with E-state index in [9.17, 15) is 4.79 Å². The Kier molecular flexibility index (Phi) is 5.87. The van der Waals surface area contributed by atoms with Gasteiger partial charge in [0.1, 0.15) is 5.75 Å². The lowest BCUT2D eigenvalue weighted by atomic mass is 10.2. The van der Waals surface area contributed by atoms with Crippen LogP contribution in [0.2, 0.25) is 10.0 Å². The van der Waals surface area contributed by atoms with Crippen molar-refractivity contribution in [3.8, 4) is 5.75 Å². The number of para-hydroxylation sites is 1. The Morgan fingerprint density at radius 2 is 2.00 bits per heavy atom. The van der Waals surface area contributed by atoms with Crippen molar-refractivity contribution in [2.24, 2.45) is 0 Å². The Balaban J connectivity index is 1.97. The minimum absolute atomic E-state index is 0.211. The van der Waals surface area contributed by atoms with Crippen LogP contribution < -0.4 is 10.1 Å². The maximum atomic E-state index is 11.9. The fourth-order valence-corrected chi connectivity index (χ4v) is 2.35. The van der Waals surface area contributed by atoms with Gasteiger partial charge in [0.2, 0.25) is 5.91 Å². The second-order valence-electron chi connectivity index (χ2n) is 4.53. The molecular formula is C17H15Cl2NO2. The van der Waals surface area contributed by atoms with Crippen molar-refractivity contribution in [2.75, 3.05) is 7.11 Å². The molecule has 0 fully saturated rings. The van der Waals surface area contributed by atoms with Crippen molar-refractivity contribution in [2.45, 2.75) is 6.54 Å². The number of methoxy groups -OCH3 is 1. The van der Waals surface area contributed by atoms with E-state index in [0.717, 1.165) is 11.1 Å². The van der Waals surface area contributed by atoms with E-state index >= 15 is 0 Å². The van der Waals surface area contributed by atoms with Crippen LogP contribution in [0.5, 0.6) is 5.75 Å². The zero-order chi connectivity index (χ0) is 15.9. The van der Waals surface area contributed by atoms with Gasteiger partial charge in [-0.15, -0.1) is 0 Å². The van der Waals surface area contributed by atoms with Gasteiger partial charge in [0, 0.05) is 28.2 Å². The molecule has 22 heavy (non-hydrogen) atoms. The predicted octanol–water partition coefficient (Wildman–Crippen LogP) is 4.33. The van der Waals surface area contributed by atoms with E-state index in [2.05, 4.69) is 5.32 Å². The van der Waals surface area contributed by atoms with E-state index < -0.39 is 0 Å². The number of nitrogens with one attached hydrogen (secondary N) is 1. The van der Waals surface area contributed by atoms with Gasteiger partial charge in [-0.2, -0.15) is 0 Å². The zero-order valence-corrected chi connectivity index (χ0v) is 13.5. The minimum atomic E-state index is -0.211. The summed E-state index contributed by atoms with van der Waals surface area (Å²) in [6.45, 7) is 0.338. The summed E-state index contributed by atoms with van der Waals surface area (Å²) in [7, 11) is 1.59. The summed E-state index contributed by atoms with van der Waals surface area (Å²) in [5, 5.41) is 3.87. The van der Waals surface area contributed by atoms with Crippen LogP contribution in [0.4, 0.5) is 0 Å². The second kappa shape index (κ2) is 7.87. The standard InChI is InChI=1S/C17H15Cl2NO2/c1-22-16-5-3-2-4-12(16)7-9-17(21)20-11-13-6-8-14(18)10-15(13)19/h2-10H,11H2,1H3,(H,20,21)/b9-7+. The summed E-state index contributed by atoms with van der Waals surface area (Å²) >= 11 is 11.9. The highest BCUT2D eigenvalue weighted by Gasteiger charge is 2.03. The van der Waals surface area contributed by atoms with Crippen LogP contribution >= 0.6 is 23.2 Å². The molecule has 2 aromatic carbocycles. The van der Waals surface area contributed by atoms with Crippen LogP contribution in [0.3, 0.4) is 0 Å². The molecule has 0 aliphatic heterocycles. The van der Waals surface area contributed by atoms with Gasteiger partial charge in [0.05, 0.1) is 7.11 Å². The summed E-state index contributed by atoms with van der Waals surface area (Å²) in [6.07, 6.45) is 3.17. The quantitative estimate of drug-likeness (QED) is 0.826. The number of halogens is 2. The van der Waals surface area contributed by atoms with Gasteiger partial charge in [0.25, 0.3) is 0 Å². The van der Waals surface area contributed by atoms with E-state index in [-0.39, 0.29) is 5.91 Å². The Morgan fingerprint density at radius 1 is 1.23 bits per heavy atom. The molecule has 0 heterocycles. The summed E-state index contributed by atoms with van der Waals surface area (Å²) < 4.78 is 5.22. The van der Waals surface area contributed by atoms with Crippen molar-refractivity contribution >= 4 is 35.2 Å². The fraction of sp³-hybridized carbons (Fsp3) is 0.118. The average molecular weight is 336 g/mol. The van der Waals surface area contributed by atoms with Crippen LogP contribution in [-0.4, -0.2) is 13.0 Å². The molecule has 0 bridgehead atoms. The monoisotopic (exact) mass is 335 g/mol. The van der Waals surface area contributed by atoms with Crippen LogP contribution in [0.25, 0.3) is 6.08 Å². The maximum Gasteiger partial charge on any atom is 0.244 e. The van der Waals surface area contributed by atoms with Gasteiger partial charge in [0.15, 0.2) is 0 Å². The molecule has 0 atom stereocenters. The van der Waals surface area contributed by atoms with Crippen LogP contribution in [0.1, 0.15) is 11.1 Å². The van der Waals surface area contributed by atoms with Crippen LogP contribution in [0.15, 0.2) is 48.5 Å². The van der Waals surface area contributed by atoms with Crippen molar-refractivity contribution in [3.05, 3.63) is 69.7 Å². The molecule has 0 saturated heterocycles. The summed E-state index contributed by atoms with van der Waals surface area (Å²) in [5.74, 6) is 0.504. The highest BCUT2D eigenvalue weighted by Crippen LogP contribution is 2.21. The first-order valence-electron chi connectivity index (χ1n) is 6.63. The molecule has 0 aliphatic carbocycles. The van der Waals surface area contributed by atoms with E-state index in [1.165, 1.54) is 6.08 Å². The molecule has 0 saturated carbocycles.